The number of hydrogen-bond donors (Lipinski definition) is 2. The van der Waals surface area contributed by atoms with E-state index >= 15 is 0 Å². The number of aromatic hydroxyl groups is 1. The maximum absolute atomic E-state index is 11.7. The van der Waals surface area contributed by atoms with Crippen molar-refractivity contribution in [3.05, 3.63) is 60.4 Å². The predicted molar refractivity (Wildman–Crippen MR) is 85.6 cm³/mol. The van der Waals surface area contributed by atoms with Crippen LogP contribution in [-0.4, -0.2) is 27.9 Å². The van der Waals surface area contributed by atoms with E-state index in [1.54, 1.807) is 30.6 Å². The second-order valence-electron chi connectivity index (χ2n) is 5.01. The van der Waals surface area contributed by atoms with Gasteiger partial charge in [0.05, 0.1) is 6.07 Å². The number of pyridine rings is 1. The van der Waals surface area contributed by atoms with E-state index in [0.717, 1.165) is 5.56 Å². The topological polar surface area (TPSA) is 97.5 Å². The SMILES string of the molecule is O=C(NCCc1cccnc1)Oc1cc(-c2cccc(O)c2)on1. The summed E-state index contributed by atoms with van der Waals surface area (Å²) in [6.45, 7) is 0.418. The van der Waals surface area contributed by atoms with Gasteiger partial charge in [-0.2, -0.15) is 0 Å². The minimum absolute atomic E-state index is 0.0484. The Labute approximate surface area is 137 Å². The number of benzene rings is 1. The average molecular weight is 325 g/mol. The molecule has 1 aromatic carbocycles. The van der Waals surface area contributed by atoms with Gasteiger partial charge in [0, 0.05) is 24.5 Å². The van der Waals surface area contributed by atoms with E-state index in [-0.39, 0.29) is 11.6 Å². The number of nitrogens with zero attached hydrogens (tertiary/aromatic N) is 2. The number of ether oxygens (including phenoxy) is 1. The molecule has 7 heteroatoms. The molecule has 0 spiro atoms. The lowest BCUT2D eigenvalue weighted by Gasteiger charge is -2.03. The fourth-order valence-corrected chi connectivity index (χ4v) is 2.09. The Bertz CT molecular complexity index is 817. The third-order valence-corrected chi connectivity index (χ3v) is 3.22. The smallest absolute Gasteiger partial charge is 0.414 e. The number of amides is 1. The Morgan fingerprint density at radius 1 is 1.25 bits per heavy atom. The molecule has 7 nitrogen and oxygen atoms in total. The standard InChI is InChI=1S/C17H15N3O4/c21-14-5-1-4-13(9-14)15-10-16(20-24-15)23-17(22)19-8-6-12-3-2-7-18-11-12/h1-5,7,9-11,21H,6,8H2,(H,19,22). The fraction of sp³-hybridized carbons (Fsp3) is 0.118. The number of hydrogen-bond acceptors (Lipinski definition) is 6. The molecule has 0 radical (unpaired) electrons. The van der Waals surface area contributed by atoms with E-state index in [2.05, 4.69) is 15.5 Å². The summed E-state index contributed by atoms with van der Waals surface area (Å²) in [5, 5.41) is 15.8. The molecule has 2 aromatic heterocycles. The Kier molecular flexibility index (Phi) is 4.71. The van der Waals surface area contributed by atoms with Gasteiger partial charge in [0.1, 0.15) is 5.75 Å². The molecule has 0 aliphatic rings. The van der Waals surface area contributed by atoms with Gasteiger partial charge in [-0.3, -0.25) is 4.98 Å². The van der Waals surface area contributed by atoms with Crippen molar-refractivity contribution >= 4 is 6.09 Å². The van der Waals surface area contributed by atoms with Crippen LogP contribution in [0.3, 0.4) is 0 Å². The van der Waals surface area contributed by atoms with Crippen molar-refractivity contribution in [2.45, 2.75) is 6.42 Å². The van der Waals surface area contributed by atoms with Gasteiger partial charge in [-0.05, 0) is 35.3 Å². The first kappa shape index (κ1) is 15.5. The summed E-state index contributed by atoms with van der Waals surface area (Å²) in [7, 11) is 0. The lowest BCUT2D eigenvalue weighted by Crippen LogP contribution is -2.28. The van der Waals surface area contributed by atoms with Gasteiger partial charge < -0.3 is 19.7 Å². The number of aromatic nitrogens is 2. The van der Waals surface area contributed by atoms with Crippen LogP contribution in [-0.2, 0) is 6.42 Å². The monoisotopic (exact) mass is 325 g/mol. The van der Waals surface area contributed by atoms with Crippen molar-refractivity contribution in [3.8, 4) is 23.0 Å². The number of rotatable bonds is 5. The van der Waals surface area contributed by atoms with E-state index in [4.69, 9.17) is 9.26 Å². The highest BCUT2D eigenvalue weighted by molar-refractivity contribution is 5.70. The van der Waals surface area contributed by atoms with Crippen LogP contribution in [0, 0.1) is 0 Å². The molecule has 0 aliphatic carbocycles. The minimum Gasteiger partial charge on any atom is -0.508 e. The molecule has 0 aliphatic heterocycles. The number of nitrogens with one attached hydrogen (secondary N) is 1. The molecule has 0 saturated heterocycles. The first-order chi connectivity index (χ1) is 11.7. The maximum Gasteiger partial charge on any atom is 0.414 e. The third kappa shape index (κ3) is 4.10. The van der Waals surface area contributed by atoms with E-state index in [1.807, 2.05) is 12.1 Å². The second-order valence-corrected chi connectivity index (χ2v) is 5.01. The van der Waals surface area contributed by atoms with Gasteiger partial charge in [-0.25, -0.2) is 4.79 Å². The molecule has 2 N–H and O–H groups in total. The number of carbonyl (C=O) groups is 1. The van der Waals surface area contributed by atoms with Gasteiger partial charge in [-0.15, -0.1) is 0 Å². The Morgan fingerprint density at radius 2 is 2.17 bits per heavy atom. The molecule has 0 atom stereocenters. The number of phenols is 1. The normalized spacial score (nSPS) is 10.3. The molecule has 0 unspecified atom stereocenters. The molecule has 0 bridgehead atoms. The van der Waals surface area contributed by atoms with Crippen molar-refractivity contribution < 1.29 is 19.2 Å². The second kappa shape index (κ2) is 7.28. The van der Waals surface area contributed by atoms with Crippen molar-refractivity contribution in [3.63, 3.8) is 0 Å². The zero-order chi connectivity index (χ0) is 16.8. The Hall–Kier alpha value is -3.35. The summed E-state index contributed by atoms with van der Waals surface area (Å²) in [5.41, 5.74) is 1.65. The number of carbonyl (C=O) groups excluding carboxylic acids is 1. The average Bonchev–Trinajstić information content (AvgIpc) is 3.04. The van der Waals surface area contributed by atoms with Crippen molar-refractivity contribution in [1.29, 1.82) is 0 Å². The quantitative estimate of drug-likeness (QED) is 0.748. The summed E-state index contributed by atoms with van der Waals surface area (Å²) in [4.78, 5) is 15.7. The van der Waals surface area contributed by atoms with E-state index < -0.39 is 6.09 Å². The summed E-state index contributed by atoms with van der Waals surface area (Å²) in [6, 6.07) is 11.8. The van der Waals surface area contributed by atoms with Crippen LogP contribution in [0.25, 0.3) is 11.3 Å². The molecule has 1 amide bonds. The Balaban J connectivity index is 1.52. The summed E-state index contributed by atoms with van der Waals surface area (Å²) < 4.78 is 10.2. The van der Waals surface area contributed by atoms with Crippen LogP contribution in [0.1, 0.15) is 5.56 Å². The molecule has 2 heterocycles. The van der Waals surface area contributed by atoms with Gasteiger partial charge in [0.15, 0.2) is 5.76 Å². The van der Waals surface area contributed by atoms with Gasteiger partial charge in [0.2, 0.25) is 0 Å². The third-order valence-electron chi connectivity index (χ3n) is 3.22. The summed E-state index contributed by atoms with van der Waals surface area (Å²) in [6.07, 6.45) is 3.47. The van der Waals surface area contributed by atoms with Crippen LogP contribution < -0.4 is 10.1 Å². The van der Waals surface area contributed by atoms with E-state index in [1.165, 1.54) is 12.1 Å². The Morgan fingerprint density at radius 3 is 2.96 bits per heavy atom. The van der Waals surface area contributed by atoms with E-state index in [0.29, 0.717) is 24.3 Å². The predicted octanol–water partition coefficient (Wildman–Crippen LogP) is 2.77. The highest BCUT2D eigenvalue weighted by atomic mass is 16.6. The van der Waals surface area contributed by atoms with Crippen LogP contribution >= 0.6 is 0 Å². The summed E-state index contributed by atoms with van der Waals surface area (Å²) in [5.74, 6) is 0.552. The maximum atomic E-state index is 11.7. The molecule has 122 valence electrons. The lowest BCUT2D eigenvalue weighted by molar-refractivity contribution is 0.196. The minimum atomic E-state index is -0.616. The van der Waals surface area contributed by atoms with Crippen LogP contribution in [0.4, 0.5) is 4.79 Å². The fourth-order valence-electron chi connectivity index (χ4n) is 2.09. The largest absolute Gasteiger partial charge is 0.508 e. The molecule has 0 fully saturated rings. The number of phenolic OH excluding ortho intramolecular Hbond substituents is 1. The van der Waals surface area contributed by atoms with Crippen LogP contribution in [0.2, 0.25) is 0 Å². The molecule has 3 aromatic rings. The van der Waals surface area contributed by atoms with Crippen molar-refractivity contribution in [1.82, 2.24) is 15.5 Å². The van der Waals surface area contributed by atoms with Gasteiger partial charge in [-0.1, -0.05) is 18.2 Å². The highest BCUT2D eigenvalue weighted by Gasteiger charge is 2.11. The molecule has 24 heavy (non-hydrogen) atoms. The highest BCUT2D eigenvalue weighted by Crippen LogP contribution is 2.26. The zero-order valence-electron chi connectivity index (χ0n) is 12.7. The van der Waals surface area contributed by atoms with Crippen LogP contribution in [0.5, 0.6) is 11.6 Å². The van der Waals surface area contributed by atoms with E-state index in [9.17, 15) is 9.90 Å². The lowest BCUT2D eigenvalue weighted by atomic mass is 10.2. The molecule has 0 saturated carbocycles. The van der Waals surface area contributed by atoms with Crippen molar-refractivity contribution in [2.75, 3.05) is 6.54 Å². The van der Waals surface area contributed by atoms with Crippen molar-refractivity contribution in [2.24, 2.45) is 0 Å². The summed E-state index contributed by atoms with van der Waals surface area (Å²) >= 11 is 0. The van der Waals surface area contributed by atoms with Gasteiger partial charge in [0.25, 0.3) is 5.88 Å². The first-order valence-corrected chi connectivity index (χ1v) is 7.31. The zero-order valence-corrected chi connectivity index (χ0v) is 12.7. The van der Waals surface area contributed by atoms with Crippen LogP contribution in [0.15, 0.2) is 59.4 Å². The molecule has 3 rings (SSSR count). The first-order valence-electron chi connectivity index (χ1n) is 7.31. The molecular formula is C17H15N3O4. The molecular weight excluding hydrogens is 310 g/mol. The van der Waals surface area contributed by atoms with Gasteiger partial charge >= 0.3 is 6.09 Å².